The monoisotopic (exact) mass is 532 g/mol. The lowest BCUT2D eigenvalue weighted by atomic mass is 10.0. The number of carbonyl (C=O) groups is 1. The van der Waals surface area contributed by atoms with Crippen LogP contribution in [0.3, 0.4) is 0 Å². The van der Waals surface area contributed by atoms with Crippen LogP contribution in [0.2, 0.25) is 0 Å². The molecular weight excluding hydrogens is 495 g/mol. The van der Waals surface area contributed by atoms with Crippen LogP contribution in [0.15, 0.2) is 54.6 Å². The molecule has 36 heavy (non-hydrogen) atoms. The van der Waals surface area contributed by atoms with Gasteiger partial charge in [-0.1, -0.05) is 50.2 Å². The molecule has 0 unspecified atom stereocenters. The fourth-order valence-corrected chi connectivity index (χ4v) is 5.06. The van der Waals surface area contributed by atoms with Crippen LogP contribution in [0, 0.1) is 0 Å². The number of carbonyl (C=O) groups excluding carboxylic acids is 1. The van der Waals surface area contributed by atoms with Gasteiger partial charge in [0.2, 0.25) is 0 Å². The van der Waals surface area contributed by atoms with E-state index in [4.69, 9.17) is 5.21 Å². The molecule has 0 fully saturated rings. The molecule has 1 amide bonds. The third-order valence-corrected chi connectivity index (χ3v) is 6.89. The molecule has 0 aliphatic carbocycles. The Bertz CT molecular complexity index is 1140. The number of amides is 1. The summed E-state index contributed by atoms with van der Waals surface area (Å²) >= 11 is 0. The summed E-state index contributed by atoms with van der Waals surface area (Å²) in [7, 11) is 0. The fraction of sp³-hybridized carbons (Fsp3) is 0.393. The van der Waals surface area contributed by atoms with Crippen LogP contribution >= 0.6 is 24.8 Å². The molecule has 0 saturated heterocycles. The number of fused-ring (bicyclic) bond motifs is 3. The lowest BCUT2D eigenvalue weighted by Gasteiger charge is -2.28. The van der Waals surface area contributed by atoms with Crippen LogP contribution in [-0.4, -0.2) is 51.7 Å². The first-order valence-corrected chi connectivity index (χ1v) is 12.4. The summed E-state index contributed by atoms with van der Waals surface area (Å²) < 4.78 is 2.53. The zero-order valence-corrected chi connectivity index (χ0v) is 22.8. The van der Waals surface area contributed by atoms with Crippen molar-refractivity contribution in [2.75, 3.05) is 26.2 Å². The molecule has 3 aromatic rings. The van der Waals surface area contributed by atoms with Gasteiger partial charge in [0.1, 0.15) is 0 Å². The SMILES string of the molecule is CCN(CC)CCCn1c2c(c3cc(/C=C/C(=O)NO)ccc31)CN(Cc1ccccc1)CC2.Cl.Cl. The smallest absolute Gasteiger partial charge is 0.267 e. The van der Waals surface area contributed by atoms with Gasteiger partial charge in [0.05, 0.1) is 0 Å². The molecular formula is C28H38Cl2N4O2. The number of nitrogens with one attached hydrogen (secondary N) is 1. The summed E-state index contributed by atoms with van der Waals surface area (Å²) in [6, 6.07) is 17.1. The largest absolute Gasteiger partial charge is 0.344 e. The van der Waals surface area contributed by atoms with Crippen LogP contribution in [-0.2, 0) is 30.8 Å². The average molecular weight is 534 g/mol. The van der Waals surface area contributed by atoms with Crippen LogP contribution in [0.4, 0.5) is 0 Å². The highest BCUT2D eigenvalue weighted by atomic mass is 35.5. The van der Waals surface area contributed by atoms with Gasteiger partial charge in [-0.3, -0.25) is 14.9 Å². The summed E-state index contributed by atoms with van der Waals surface area (Å²) in [5.74, 6) is -0.523. The van der Waals surface area contributed by atoms with Crippen molar-refractivity contribution in [2.45, 2.75) is 46.3 Å². The van der Waals surface area contributed by atoms with Crippen LogP contribution in [0.5, 0.6) is 0 Å². The van der Waals surface area contributed by atoms with E-state index in [0.29, 0.717) is 0 Å². The number of hydroxylamine groups is 1. The Morgan fingerprint density at radius 1 is 1.11 bits per heavy atom. The van der Waals surface area contributed by atoms with Gasteiger partial charge in [-0.05, 0) is 61.0 Å². The van der Waals surface area contributed by atoms with Crippen molar-refractivity contribution >= 4 is 47.7 Å². The van der Waals surface area contributed by atoms with Gasteiger partial charge in [0.25, 0.3) is 5.91 Å². The Kier molecular flexibility index (Phi) is 12.0. The van der Waals surface area contributed by atoms with E-state index in [1.54, 1.807) is 11.6 Å². The molecule has 4 rings (SSSR count). The van der Waals surface area contributed by atoms with Crippen molar-refractivity contribution in [3.05, 3.63) is 77.0 Å². The zero-order valence-electron chi connectivity index (χ0n) is 21.2. The summed E-state index contributed by atoms with van der Waals surface area (Å²) in [6.45, 7) is 11.7. The second kappa shape index (κ2) is 14.4. The lowest BCUT2D eigenvalue weighted by Crippen LogP contribution is -2.31. The summed E-state index contributed by atoms with van der Waals surface area (Å²) in [6.07, 6.45) is 5.28. The second-order valence-corrected chi connectivity index (χ2v) is 8.99. The van der Waals surface area contributed by atoms with Crippen molar-refractivity contribution in [3.8, 4) is 0 Å². The minimum atomic E-state index is -0.523. The van der Waals surface area contributed by atoms with Gasteiger partial charge >= 0.3 is 0 Å². The summed E-state index contributed by atoms with van der Waals surface area (Å²) in [5.41, 5.74) is 8.08. The number of benzene rings is 2. The van der Waals surface area contributed by atoms with E-state index in [-0.39, 0.29) is 24.8 Å². The Hall–Kier alpha value is -2.35. The number of hydrogen-bond donors (Lipinski definition) is 2. The third-order valence-electron chi connectivity index (χ3n) is 6.89. The first-order valence-electron chi connectivity index (χ1n) is 12.4. The van der Waals surface area contributed by atoms with Crippen LogP contribution in [0.1, 0.15) is 42.7 Å². The first-order chi connectivity index (χ1) is 16.6. The zero-order chi connectivity index (χ0) is 23.9. The molecule has 0 spiro atoms. The van der Waals surface area contributed by atoms with E-state index in [0.717, 1.165) is 64.2 Å². The quantitative estimate of drug-likeness (QED) is 0.211. The Morgan fingerprint density at radius 3 is 2.56 bits per heavy atom. The highest BCUT2D eigenvalue weighted by molar-refractivity contribution is 5.93. The van der Waals surface area contributed by atoms with E-state index in [1.165, 1.54) is 33.8 Å². The first kappa shape index (κ1) is 29.9. The number of rotatable bonds is 10. The normalized spacial score (nSPS) is 13.4. The predicted octanol–water partition coefficient (Wildman–Crippen LogP) is 5.29. The molecule has 1 aromatic heterocycles. The van der Waals surface area contributed by atoms with Crippen molar-refractivity contribution in [1.29, 1.82) is 0 Å². The van der Waals surface area contributed by atoms with Gasteiger partial charge < -0.3 is 9.47 Å². The van der Waals surface area contributed by atoms with Crippen molar-refractivity contribution in [3.63, 3.8) is 0 Å². The molecule has 2 N–H and O–H groups in total. The number of nitrogens with zero attached hydrogens (tertiary/aromatic N) is 3. The van der Waals surface area contributed by atoms with Crippen LogP contribution < -0.4 is 5.48 Å². The topological polar surface area (TPSA) is 60.7 Å². The molecule has 2 aromatic carbocycles. The van der Waals surface area contributed by atoms with Gasteiger partial charge in [0, 0.05) is 55.3 Å². The molecule has 196 valence electrons. The second-order valence-electron chi connectivity index (χ2n) is 8.99. The number of aryl methyl sites for hydroxylation is 1. The van der Waals surface area contributed by atoms with E-state index in [9.17, 15) is 4.79 Å². The Labute approximate surface area is 226 Å². The van der Waals surface area contributed by atoms with E-state index >= 15 is 0 Å². The van der Waals surface area contributed by atoms with Gasteiger partial charge in [-0.15, -0.1) is 24.8 Å². The van der Waals surface area contributed by atoms with Gasteiger partial charge in [-0.2, -0.15) is 0 Å². The van der Waals surface area contributed by atoms with Gasteiger partial charge in [0.15, 0.2) is 0 Å². The molecule has 0 saturated carbocycles. The molecule has 0 bridgehead atoms. The van der Waals surface area contributed by atoms with E-state index in [1.807, 2.05) is 0 Å². The molecule has 1 aliphatic heterocycles. The number of hydrogen-bond acceptors (Lipinski definition) is 4. The minimum Gasteiger partial charge on any atom is -0.344 e. The maximum absolute atomic E-state index is 11.5. The highest BCUT2D eigenvalue weighted by Gasteiger charge is 2.24. The average Bonchev–Trinajstić information content (AvgIpc) is 3.18. The maximum Gasteiger partial charge on any atom is 0.267 e. The molecule has 8 heteroatoms. The predicted molar refractivity (Wildman–Crippen MR) is 152 cm³/mol. The van der Waals surface area contributed by atoms with Crippen molar-refractivity contribution in [1.82, 2.24) is 19.8 Å². The summed E-state index contributed by atoms with van der Waals surface area (Å²) in [5, 5.41) is 10.1. The Morgan fingerprint density at radius 2 is 1.86 bits per heavy atom. The number of aromatic nitrogens is 1. The fourth-order valence-electron chi connectivity index (χ4n) is 5.06. The summed E-state index contributed by atoms with van der Waals surface area (Å²) in [4.78, 5) is 16.5. The minimum absolute atomic E-state index is 0. The molecule has 2 heterocycles. The Balaban J connectivity index is 0.00000228. The maximum atomic E-state index is 11.5. The van der Waals surface area contributed by atoms with Crippen molar-refractivity contribution in [2.24, 2.45) is 0 Å². The molecule has 0 atom stereocenters. The van der Waals surface area contributed by atoms with Crippen LogP contribution in [0.25, 0.3) is 17.0 Å². The van der Waals surface area contributed by atoms with Gasteiger partial charge in [-0.25, -0.2) is 5.48 Å². The lowest BCUT2D eigenvalue weighted by molar-refractivity contribution is -0.124. The highest BCUT2D eigenvalue weighted by Crippen LogP contribution is 2.33. The third kappa shape index (κ3) is 7.11. The number of halogens is 2. The van der Waals surface area contributed by atoms with E-state index < -0.39 is 5.91 Å². The molecule has 0 radical (unpaired) electrons. The standard InChI is InChI=1S/C28H36N4O2.2ClH/c1-3-30(4-2)16-8-17-32-26-13-11-22(12-14-28(33)29-34)19-24(26)25-21-31(18-15-27(25)32)20-23-9-6-5-7-10-23;;/h5-7,9-14,19,34H,3-4,8,15-18,20-21H2,1-2H3,(H,29,33);2*1H/b14-12+;;. The molecule has 6 nitrogen and oxygen atoms in total. The van der Waals surface area contributed by atoms with E-state index in [2.05, 4.69) is 76.7 Å². The van der Waals surface area contributed by atoms with Crippen molar-refractivity contribution < 1.29 is 10.0 Å². The molecule has 1 aliphatic rings.